The van der Waals surface area contributed by atoms with Crippen LogP contribution in [-0.4, -0.2) is 0 Å². The highest BCUT2D eigenvalue weighted by molar-refractivity contribution is 6.31. The monoisotopic (exact) mass is 303 g/mol. The molecule has 0 fully saturated rings. The normalized spacial score (nSPS) is 12.5. The predicted molar refractivity (Wildman–Crippen MR) is 68.4 cm³/mol. The second-order valence-electron chi connectivity index (χ2n) is 4.29. The lowest BCUT2D eigenvalue weighted by molar-refractivity contribution is 0.435. The van der Waals surface area contributed by atoms with Crippen LogP contribution >= 0.6 is 11.6 Å². The van der Waals surface area contributed by atoms with E-state index in [1.807, 2.05) is 0 Å². The van der Waals surface area contributed by atoms with E-state index in [-0.39, 0.29) is 17.0 Å². The van der Waals surface area contributed by atoms with Crippen molar-refractivity contribution in [3.05, 3.63) is 69.8 Å². The van der Waals surface area contributed by atoms with Gasteiger partial charge in [-0.1, -0.05) is 29.8 Å². The molecule has 0 aliphatic rings. The van der Waals surface area contributed by atoms with Crippen molar-refractivity contribution in [2.75, 3.05) is 0 Å². The van der Waals surface area contributed by atoms with E-state index in [1.165, 1.54) is 18.2 Å². The Balaban J connectivity index is 2.31. The molecule has 2 aromatic rings. The maximum Gasteiger partial charge on any atom is 0.194 e. The smallest absolute Gasteiger partial charge is 0.194 e. The van der Waals surface area contributed by atoms with Crippen LogP contribution in [0.2, 0.25) is 5.02 Å². The molecule has 106 valence electrons. The molecule has 0 aromatic heterocycles. The van der Waals surface area contributed by atoms with Crippen LogP contribution in [0.5, 0.6) is 0 Å². The first-order valence-electron chi connectivity index (χ1n) is 5.73. The first-order valence-corrected chi connectivity index (χ1v) is 6.11. The van der Waals surface area contributed by atoms with Gasteiger partial charge < -0.3 is 5.73 Å². The zero-order chi connectivity index (χ0) is 14.9. The number of nitrogens with two attached hydrogens (primary N) is 1. The van der Waals surface area contributed by atoms with Gasteiger partial charge in [-0.2, -0.15) is 0 Å². The Hall–Kier alpha value is -1.59. The van der Waals surface area contributed by atoms with Gasteiger partial charge in [0.15, 0.2) is 17.5 Å². The van der Waals surface area contributed by atoms with Crippen molar-refractivity contribution in [1.29, 1.82) is 0 Å². The summed E-state index contributed by atoms with van der Waals surface area (Å²) >= 11 is 5.76. The second-order valence-corrected chi connectivity index (χ2v) is 4.67. The van der Waals surface area contributed by atoms with E-state index in [0.29, 0.717) is 5.56 Å². The van der Waals surface area contributed by atoms with Crippen molar-refractivity contribution in [1.82, 2.24) is 0 Å². The van der Waals surface area contributed by atoms with Gasteiger partial charge in [0.25, 0.3) is 0 Å². The molecule has 20 heavy (non-hydrogen) atoms. The van der Waals surface area contributed by atoms with E-state index < -0.39 is 29.3 Å². The Morgan fingerprint density at radius 1 is 0.950 bits per heavy atom. The van der Waals surface area contributed by atoms with Gasteiger partial charge in [-0.05, 0) is 24.1 Å². The summed E-state index contributed by atoms with van der Waals surface area (Å²) in [5, 5.41) is -0.119. The molecule has 1 unspecified atom stereocenters. The predicted octanol–water partition coefficient (Wildman–Crippen LogP) is 4.14. The zero-order valence-corrected chi connectivity index (χ0v) is 10.9. The van der Waals surface area contributed by atoms with Crippen molar-refractivity contribution in [2.45, 2.75) is 12.5 Å². The number of hydrogen-bond donors (Lipinski definition) is 1. The summed E-state index contributed by atoms with van der Waals surface area (Å²) in [5.74, 6) is -4.84. The zero-order valence-electron chi connectivity index (χ0n) is 10.1. The molecule has 0 saturated heterocycles. The van der Waals surface area contributed by atoms with E-state index >= 15 is 0 Å². The maximum absolute atomic E-state index is 13.6. The van der Waals surface area contributed by atoms with Crippen molar-refractivity contribution in [3.8, 4) is 0 Å². The standard InChI is InChI=1S/C14H10ClF4N/c15-12-7(2-1-3-9(12)16)6-11(20)8-4-5-10(17)14(19)13(8)18/h1-5,11H,6,20H2. The molecule has 0 bridgehead atoms. The molecule has 6 heteroatoms. The molecule has 2 rings (SSSR count). The molecular weight excluding hydrogens is 294 g/mol. The minimum absolute atomic E-state index is 0.00140. The number of hydrogen-bond acceptors (Lipinski definition) is 1. The molecule has 0 spiro atoms. The van der Waals surface area contributed by atoms with Gasteiger partial charge in [-0.3, -0.25) is 0 Å². The van der Waals surface area contributed by atoms with Crippen LogP contribution in [0, 0.1) is 23.3 Å². The largest absolute Gasteiger partial charge is 0.324 e. The average molecular weight is 304 g/mol. The van der Waals surface area contributed by atoms with E-state index in [1.54, 1.807) is 0 Å². The molecule has 0 amide bonds. The van der Waals surface area contributed by atoms with Crippen molar-refractivity contribution in [3.63, 3.8) is 0 Å². The summed E-state index contributed by atoms with van der Waals surface area (Å²) in [6, 6.07) is 5.03. The fourth-order valence-electron chi connectivity index (χ4n) is 1.88. The summed E-state index contributed by atoms with van der Waals surface area (Å²) in [7, 11) is 0. The van der Waals surface area contributed by atoms with Crippen LogP contribution in [0.15, 0.2) is 30.3 Å². The van der Waals surface area contributed by atoms with Crippen LogP contribution < -0.4 is 5.73 Å². The van der Waals surface area contributed by atoms with Crippen LogP contribution in [0.3, 0.4) is 0 Å². The van der Waals surface area contributed by atoms with Gasteiger partial charge in [-0.15, -0.1) is 0 Å². The topological polar surface area (TPSA) is 26.0 Å². The Morgan fingerprint density at radius 3 is 2.35 bits per heavy atom. The molecule has 0 saturated carbocycles. The third kappa shape index (κ3) is 2.78. The average Bonchev–Trinajstić information content (AvgIpc) is 2.41. The van der Waals surface area contributed by atoms with Crippen molar-refractivity contribution >= 4 is 11.6 Å². The van der Waals surface area contributed by atoms with Crippen molar-refractivity contribution in [2.24, 2.45) is 5.73 Å². The van der Waals surface area contributed by atoms with E-state index in [0.717, 1.165) is 12.1 Å². The first kappa shape index (κ1) is 14.8. The van der Waals surface area contributed by atoms with Crippen LogP contribution in [0.25, 0.3) is 0 Å². The highest BCUT2D eigenvalue weighted by atomic mass is 35.5. The van der Waals surface area contributed by atoms with Gasteiger partial charge in [0.2, 0.25) is 0 Å². The van der Waals surface area contributed by atoms with Gasteiger partial charge >= 0.3 is 0 Å². The Labute approximate surface area is 118 Å². The minimum Gasteiger partial charge on any atom is -0.324 e. The third-order valence-electron chi connectivity index (χ3n) is 2.94. The fraction of sp³-hybridized carbons (Fsp3) is 0.143. The molecule has 1 nitrogen and oxygen atoms in total. The molecule has 0 aliphatic carbocycles. The van der Waals surface area contributed by atoms with Crippen LogP contribution in [0.1, 0.15) is 17.2 Å². The number of halogens is 5. The Morgan fingerprint density at radius 2 is 1.65 bits per heavy atom. The Kier molecular flexibility index (Phi) is 4.30. The van der Waals surface area contributed by atoms with E-state index in [9.17, 15) is 17.6 Å². The summed E-state index contributed by atoms with van der Waals surface area (Å²) in [4.78, 5) is 0. The molecular formula is C14H10ClF4N. The van der Waals surface area contributed by atoms with Gasteiger partial charge in [0.1, 0.15) is 5.82 Å². The molecule has 0 aliphatic heterocycles. The second kappa shape index (κ2) is 5.81. The third-order valence-corrected chi connectivity index (χ3v) is 3.36. The molecule has 0 radical (unpaired) electrons. The minimum atomic E-state index is -1.58. The van der Waals surface area contributed by atoms with Crippen LogP contribution in [-0.2, 0) is 6.42 Å². The van der Waals surface area contributed by atoms with E-state index in [2.05, 4.69) is 0 Å². The Bertz CT molecular complexity index is 645. The van der Waals surface area contributed by atoms with Crippen LogP contribution in [0.4, 0.5) is 17.6 Å². The maximum atomic E-state index is 13.6. The number of rotatable bonds is 3. The molecule has 1 atom stereocenters. The highest BCUT2D eigenvalue weighted by Gasteiger charge is 2.19. The molecule has 2 aromatic carbocycles. The quantitative estimate of drug-likeness (QED) is 0.669. The lowest BCUT2D eigenvalue weighted by Crippen LogP contribution is -2.16. The van der Waals surface area contributed by atoms with Gasteiger partial charge in [0, 0.05) is 11.6 Å². The van der Waals surface area contributed by atoms with Crippen molar-refractivity contribution < 1.29 is 17.6 Å². The first-order chi connectivity index (χ1) is 9.41. The summed E-state index contributed by atoms with van der Waals surface area (Å²) in [6.45, 7) is 0. The molecule has 0 heterocycles. The van der Waals surface area contributed by atoms with Gasteiger partial charge in [0.05, 0.1) is 5.02 Å². The SMILES string of the molecule is NC(Cc1cccc(F)c1Cl)c1ccc(F)c(F)c1F. The lowest BCUT2D eigenvalue weighted by atomic mass is 9.99. The van der Waals surface area contributed by atoms with Gasteiger partial charge in [-0.25, -0.2) is 17.6 Å². The fourth-order valence-corrected chi connectivity index (χ4v) is 2.08. The lowest BCUT2D eigenvalue weighted by Gasteiger charge is -2.14. The highest BCUT2D eigenvalue weighted by Crippen LogP contribution is 2.27. The summed E-state index contributed by atoms with van der Waals surface area (Å²) in [6.07, 6.45) is -0.00140. The summed E-state index contributed by atoms with van der Waals surface area (Å²) < 4.78 is 52.8. The molecule has 2 N–H and O–H groups in total. The number of benzene rings is 2. The summed E-state index contributed by atoms with van der Waals surface area (Å²) in [5.41, 5.74) is 5.93. The van der Waals surface area contributed by atoms with E-state index in [4.69, 9.17) is 17.3 Å².